The molecular formula is C17H20IN9O2. The van der Waals surface area contributed by atoms with Crippen LogP contribution in [0, 0.1) is 3.57 Å². The first-order chi connectivity index (χ1) is 14.0. The number of carbonyl (C=O) groups excluding carboxylic acids is 1. The van der Waals surface area contributed by atoms with E-state index in [0.29, 0.717) is 12.2 Å². The van der Waals surface area contributed by atoms with E-state index in [0.717, 1.165) is 22.2 Å². The first-order valence-corrected chi connectivity index (χ1v) is 9.95. The number of nitrogen functional groups attached to an aromatic ring is 1. The van der Waals surface area contributed by atoms with Crippen molar-refractivity contribution in [3.05, 3.63) is 44.8 Å². The van der Waals surface area contributed by atoms with Gasteiger partial charge < -0.3 is 5.73 Å². The molecule has 0 bridgehead atoms. The lowest BCUT2D eigenvalue weighted by molar-refractivity contribution is 0.0948. The van der Waals surface area contributed by atoms with Crippen LogP contribution >= 0.6 is 22.6 Å². The second-order valence-electron chi connectivity index (χ2n) is 5.99. The molecule has 1 amide bonds. The van der Waals surface area contributed by atoms with E-state index in [2.05, 4.69) is 63.3 Å². The molecule has 0 aliphatic heterocycles. The van der Waals surface area contributed by atoms with Crippen LogP contribution in [-0.4, -0.2) is 55.4 Å². The second-order valence-corrected chi connectivity index (χ2v) is 7.23. The van der Waals surface area contributed by atoms with E-state index in [1.807, 2.05) is 38.1 Å². The van der Waals surface area contributed by atoms with E-state index in [1.54, 1.807) is 6.21 Å². The fourth-order valence-corrected chi connectivity index (χ4v) is 3.16. The molecule has 2 heterocycles. The van der Waals surface area contributed by atoms with E-state index in [9.17, 15) is 4.79 Å². The summed E-state index contributed by atoms with van der Waals surface area (Å²) in [6.45, 7) is 6.01. The van der Waals surface area contributed by atoms with Gasteiger partial charge in [-0.15, -0.1) is 5.10 Å². The highest BCUT2D eigenvalue weighted by atomic mass is 127. The Bertz CT molecular complexity index is 1010. The van der Waals surface area contributed by atoms with Crippen LogP contribution < -0.4 is 11.2 Å². The zero-order valence-electron chi connectivity index (χ0n) is 15.9. The number of hydrogen-bond donors (Lipinski definition) is 2. The molecule has 0 fully saturated rings. The van der Waals surface area contributed by atoms with Gasteiger partial charge in [0.1, 0.15) is 0 Å². The minimum Gasteiger partial charge on any atom is -0.378 e. The number of aromatic nitrogens is 5. The number of hydrazone groups is 1. The third-order valence-electron chi connectivity index (χ3n) is 4.17. The van der Waals surface area contributed by atoms with Crippen molar-refractivity contribution in [1.29, 1.82) is 0 Å². The van der Waals surface area contributed by atoms with E-state index in [-0.39, 0.29) is 17.3 Å². The van der Waals surface area contributed by atoms with Crippen molar-refractivity contribution in [1.82, 2.24) is 35.6 Å². The first-order valence-electron chi connectivity index (χ1n) is 8.87. The lowest BCUT2D eigenvalue weighted by Crippen LogP contribution is -2.27. The molecule has 2 aromatic heterocycles. The maximum atomic E-state index is 12.7. The number of halogens is 1. The molecule has 0 saturated heterocycles. The molecule has 0 saturated carbocycles. The molecule has 0 spiro atoms. The summed E-state index contributed by atoms with van der Waals surface area (Å²) in [6.07, 6.45) is 1.56. The van der Waals surface area contributed by atoms with Gasteiger partial charge in [-0.25, -0.2) is 10.1 Å². The molecule has 152 valence electrons. The zero-order valence-corrected chi connectivity index (χ0v) is 18.1. The van der Waals surface area contributed by atoms with Gasteiger partial charge in [0.05, 0.1) is 11.9 Å². The first kappa shape index (κ1) is 20.9. The minimum absolute atomic E-state index is 0.0550. The van der Waals surface area contributed by atoms with Gasteiger partial charge in [-0.3, -0.25) is 9.69 Å². The van der Waals surface area contributed by atoms with Gasteiger partial charge in [-0.05, 0) is 63.7 Å². The molecule has 11 nitrogen and oxygen atoms in total. The smallest absolute Gasteiger partial charge is 0.293 e. The molecule has 0 radical (unpaired) electrons. The van der Waals surface area contributed by atoms with Gasteiger partial charge in [0, 0.05) is 10.1 Å². The third kappa shape index (κ3) is 4.95. The van der Waals surface area contributed by atoms with Crippen molar-refractivity contribution < 1.29 is 9.42 Å². The summed E-state index contributed by atoms with van der Waals surface area (Å²) in [5.41, 5.74) is 9.78. The van der Waals surface area contributed by atoms with Crippen molar-refractivity contribution in [3.63, 3.8) is 0 Å². The second kappa shape index (κ2) is 9.56. The van der Waals surface area contributed by atoms with Crippen molar-refractivity contribution >= 4 is 40.5 Å². The Morgan fingerprint density at radius 1 is 1.38 bits per heavy atom. The maximum absolute atomic E-state index is 12.7. The number of rotatable bonds is 8. The highest BCUT2D eigenvalue weighted by Crippen LogP contribution is 2.17. The molecule has 1 aromatic carbocycles. The molecule has 12 heteroatoms. The van der Waals surface area contributed by atoms with Crippen molar-refractivity contribution in [2.75, 3.05) is 18.8 Å². The van der Waals surface area contributed by atoms with E-state index in [1.165, 1.54) is 4.68 Å². The van der Waals surface area contributed by atoms with Crippen LogP contribution in [0.4, 0.5) is 5.82 Å². The van der Waals surface area contributed by atoms with Crippen LogP contribution in [-0.2, 0) is 6.54 Å². The zero-order chi connectivity index (χ0) is 20.8. The van der Waals surface area contributed by atoms with Gasteiger partial charge in [0.15, 0.2) is 5.69 Å². The normalized spacial score (nSPS) is 11.4. The molecule has 0 aliphatic rings. The third-order valence-corrected chi connectivity index (χ3v) is 4.84. The highest BCUT2D eigenvalue weighted by molar-refractivity contribution is 14.1. The lowest BCUT2D eigenvalue weighted by atomic mass is 10.2. The van der Waals surface area contributed by atoms with Gasteiger partial charge in [0.25, 0.3) is 5.91 Å². The number of benzene rings is 1. The molecule has 0 aliphatic carbocycles. The minimum atomic E-state index is -0.490. The average molecular weight is 509 g/mol. The standard InChI is InChI=1S/C17H20IN9O2/c1-3-26(4-2)10-13-14(21-25-27(13)16-15(19)23-29-24-16)17(28)22-20-9-11-6-5-7-12(18)8-11/h5-9H,3-4,10H2,1-2H3,(H2,19,23)(H,22,28)/b20-9+. The Kier molecular flexibility index (Phi) is 6.87. The molecule has 0 unspecified atom stereocenters. The highest BCUT2D eigenvalue weighted by Gasteiger charge is 2.24. The van der Waals surface area contributed by atoms with Crippen LogP contribution in [0.3, 0.4) is 0 Å². The maximum Gasteiger partial charge on any atom is 0.293 e. The number of amides is 1. The van der Waals surface area contributed by atoms with Crippen LogP contribution in [0.2, 0.25) is 0 Å². The van der Waals surface area contributed by atoms with Gasteiger partial charge in [0.2, 0.25) is 11.6 Å². The number of carbonyl (C=O) groups is 1. The summed E-state index contributed by atoms with van der Waals surface area (Å²) in [5, 5.41) is 19.4. The molecule has 3 aromatic rings. The monoisotopic (exact) mass is 509 g/mol. The summed E-state index contributed by atoms with van der Waals surface area (Å²) < 4.78 is 7.09. The quantitative estimate of drug-likeness (QED) is 0.264. The predicted octanol–water partition coefficient (Wildman–Crippen LogP) is 1.44. The molecule has 29 heavy (non-hydrogen) atoms. The topological polar surface area (TPSA) is 140 Å². The fraction of sp³-hybridized carbons (Fsp3) is 0.294. The van der Waals surface area contributed by atoms with Crippen LogP contribution in [0.25, 0.3) is 5.82 Å². The summed E-state index contributed by atoms with van der Waals surface area (Å²) in [4.78, 5) is 14.8. The molecule has 3 N–H and O–H groups in total. The van der Waals surface area contributed by atoms with Gasteiger partial charge in [-0.2, -0.15) is 9.78 Å². The van der Waals surface area contributed by atoms with Crippen LogP contribution in [0.1, 0.15) is 35.6 Å². The largest absolute Gasteiger partial charge is 0.378 e. The molecule has 0 atom stereocenters. The van der Waals surface area contributed by atoms with Crippen molar-refractivity contribution in [2.45, 2.75) is 20.4 Å². The summed E-state index contributed by atoms with van der Waals surface area (Å²) in [6, 6.07) is 7.71. The number of hydrogen-bond acceptors (Lipinski definition) is 9. The molecular weight excluding hydrogens is 489 g/mol. The van der Waals surface area contributed by atoms with Crippen molar-refractivity contribution in [2.24, 2.45) is 5.10 Å². The SMILES string of the molecule is CCN(CC)Cc1c(C(=O)N/N=C/c2cccc(I)c2)nnn1-c1nonc1N. The van der Waals surface area contributed by atoms with E-state index < -0.39 is 5.91 Å². The predicted molar refractivity (Wildman–Crippen MR) is 114 cm³/mol. The number of nitrogens with one attached hydrogen (secondary N) is 1. The summed E-state index contributed by atoms with van der Waals surface area (Å²) in [5.74, 6) is -0.254. The van der Waals surface area contributed by atoms with Crippen molar-refractivity contribution in [3.8, 4) is 5.82 Å². The Morgan fingerprint density at radius 2 is 2.17 bits per heavy atom. The Hall–Kier alpha value is -2.87. The average Bonchev–Trinajstić information content (AvgIpc) is 3.31. The Balaban J connectivity index is 1.86. The summed E-state index contributed by atoms with van der Waals surface area (Å²) in [7, 11) is 0. The number of nitrogens with two attached hydrogens (primary N) is 1. The summed E-state index contributed by atoms with van der Waals surface area (Å²) >= 11 is 2.21. The van der Waals surface area contributed by atoms with E-state index in [4.69, 9.17) is 5.73 Å². The fourth-order valence-electron chi connectivity index (χ4n) is 2.59. The van der Waals surface area contributed by atoms with E-state index >= 15 is 0 Å². The number of anilines is 1. The lowest BCUT2D eigenvalue weighted by Gasteiger charge is -2.18. The van der Waals surface area contributed by atoms with Crippen LogP contribution in [0.15, 0.2) is 34.0 Å². The molecule has 3 rings (SSSR count). The van der Waals surface area contributed by atoms with Gasteiger partial charge in [-0.1, -0.05) is 31.2 Å². The van der Waals surface area contributed by atoms with Gasteiger partial charge >= 0.3 is 0 Å². The Morgan fingerprint density at radius 3 is 2.83 bits per heavy atom. The number of nitrogens with zero attached hydrogens (tertiary/aromatic N) is 7. The van der Waals surface area contributed by atoms with Crippen LogP contribution in [0.5, 0.6) is 0 Å². The Labute approximate surface area is 180 Å².